The molecule has 124 valence electrons. The van der Waals surface area contributed by atoms with Crippen LogP contribution in [0.3, 0.4) is 0 Å². The Morgan fingerprint density at radius 3 is 2.27 bits per heavy atom. The van der Waals surface area contributed by atoms with Crippen molar-refractivity contribution in [1.82, 2.24) is 10.2 Å². The Hall–Kier alpha value is -1.39. The third-order valence-electron chi connectivity index (χ3n) is 3.97. The molecule has 4 nitrogen and oxygen atoms in total. The second-order valence-corrected chi connectivity index (χ2v) is 6.13. The van der Waals surface area contributed by atoms with Gasteiger partial charge in [0.05, 0.1) is 12.1 Å². The number of nitrogens with one attached hydrogen (secondary N) is 1. The van der Waals surface area contributed by atoms with Gasteiger partial charge in [0.15, 0.2) is 0 Å². The predicted octanol–water partition coefficient (Wildman–Crippen LogP) is 2.56. The molecule has 0 saturated carbocycles. The summed E-state index contributed by atoms with van der Waals surface area (Å²) in [4.78, 5) is 14.5. The van der Waals surface area contributed by atoms with Gasteiger partial charge in [-0.1, -0.05) is 58.0 Å². The van der Waals surface area contributed by atoms with Gasteiger partial charge in [-0.2, -0.15) is 0 Å². The van der Waals surface area contributed by atoms with Crippen molar-refractivity contribution >= 4 is 5.91 Å². The van der Waals surface area contributed by atoms with Crippen LogP contribution >= 0.6 is 0 Å². The highest BCUT2D eigenvalue weighted by Gasteiger charge is 2.21. The lowest BCUT2D eigenvalue weighted by Gasteiger charge is -2.30. The fraction of sp³-hybridized carbons (Fsp3) is 0.611. The Bertz CT molecular complexity index is 429. The summed E-state index contributed by atoms with van der Waals surface area (Å²) < 4.78 is 0. The lowest BCUT2D eigenvalue weighted by Crippen LogP contribution is -2.45. The van der Waals surface area contributed by atoms with Gasteiger partial charge in [0, 0.05) is 6.54 Å². The molecule has 22 heavy (non-hydrogen) atoms. The number of carbonyl (C=O) groups excluding carboxylic acids is 1. The van der Waals surface area contributed by atoms with Crippen molar-refractivity contribution in [3.63, 3.8) is 0 Å². The molecule has 1 unspecified atom stereocenters. The molecule has 3 N–H and O–H groups in total. The van der Waals surface area contributed by atoms with Crippen molar-refractivity contribution < 1.29 is 4.79 Å². The Morgan fingerprint density at radius 2 is 1.77 bits per heavy atom. The molecule has 0 spiro atoms. The summed E-state index contributed by atoms with van der Waals surface area (Å²) in [5, 5.41) is 3.03. The van der Waals surface area contributed by atoms with Crippen molar-refractivity contribution in [2.75, 3.05) is 19.6 Å². The number of amides is 1. The molecule has 1 amide bonds. The van der Waals surface area contributed by atoms with Gasteiger partial charge in [-0.05, 0) is 31.0 Å². The third kappa shape index (κ3) is 5.78. The molecule has 1 aromatic rings. The summed E-state index contributed by atoms with van der Waals surface area (Å²) >= 11 is 0. The third-order valence-corrected chi connectivity index (χ3v) is 3.97. The van der Waals surface area contributed by atoms with Crippen LogP contribution in [0, 0.1) is 5.92 Å². The molecular formula is C18H31N3O. The second-order valence-electron chi connectivity index (χ2n) is 6.13. The van der Waals surface area contributed by atoms with Crippen molar-refractivity contribution in [2.24, 2.45) is 11.7 Å². The number of nitrogens with zero attached hydrogens (tertiary/aromatic N) is 1. The molecule has 0 saturated heterocycles. The lowest BCUT2D eigenvalue weighted by atomic mass is 10.0. The second kappa shape index (κ2) is 9.59. The highest BCUT2D eigenvalue weighted by atomic mass is 16.2. The van der Waals surface area contributed by atoms with E-state index in [0.29, 0.717) is 18.9 Å². The minimum Gasteiger partial charge on any atom is -0.353 e. The smallest absolute Gasteiger partial charge is 0.236 e. The summed E-state index contributed by atoms with van der Waals surface area (Å²) in [7, 11) is 0. The van der Waals surface area contributed by atoms with E-state index in [1.54, 1.807) is 0 Å². The minimum atomic E-state index is -0.423. The number of hydrogen-bond donors (Lipinski definition) is 2. The van der Waals surface area contributed by atoms with Gasteiger partial charge < -0.3 is 11.1 Å². The number of rotatable bonds is 9. The van der Waals surface area contributed by atoms with Crippen molar-refractivity contribution in [2.45, 2.75) is 46.2 Å². The van der Waals surface area contributed by atoms with E-state index in [2.05, 4.69) is 50.0 Å². The first-order chi connectivity index (χ1) is 10.5. The van der Waals surface area contributed by atoms with Crippen molar-refractivity contribution in [3.05, 3.63) is 35.9 Å². The highest BCUT2D eigenvalue weighted by Crippen LogP contribution is 2.19. The van der Waals surface area contributed by atoms with Crippen LogP contribution in [-0.2, 0) is 4.79 Å². The van der Waals surface area contributed by atoms with Crippen LogP contribution in [0.5, 0.6) is 0 Å². The first-order valence-electron chi connectivity index (χ1n) is 8.31. The number of hydrogen-bond acceptors (Lipinski definition) is 3. The normalized spacial score (nSPS) is 14.1. The maximum Gasteiger partial charge on any atom is 0.236 e. The molecular weight excluding hydrogens is 274 g/mol. The zero-order chi connectivity index (χ0) is 16.5. The Kier molecular flexibility index (Phi) is 8.13. The van der Waals surface area contributed by atoms with Crippen LogP contribution in [0.2, 0.25) is 0 Å². The van der Waals surface area contributed by atoms with E-state index >= 15 is 0 Å². The quantitative estimate of drug-likeness (QED) is 0.737. The van der Waals surface area contributed by atoms with Crippen LogP contribution in [0.1, 0.15) is 45.7 Å². The number of likely N-dealkylation sites (N-methyl/N-ethyl adjacent to an activating group) is 1. The molecule has 4 heteroatoms. The Morgan fingerprint density at radius 1 is 1.18 bits per heavy atom. The zero-order valence-corrected chi connectivity index (χ0v) is 14.4. The van der Waals surface area contributed by atoms with Crippen LogP contribution < -0.4 is 11.1 Å². The van der Waals surface area contributed by atoms with Gasteiger partial charge in [0.1, 0.15) is 0 Å². The monoisotopic (exact) mass is 305 g/mol. The highest BCUT2D eigenvalue weighted by molar-refractivity contribution is 5.81. The van der Waals surface area contributed by atoms with E-state index in [1.807, 2.05) is 18.2 Å². The molecule has 1 aromatic carbocycles. The van der Waals surface area contributed by atoms with Crippen LogP contribution in [-0.4, -0.2) is 36.5 Å². The van der Waals surface area contributed by atoms with E-state index in [9.17, 15) is 4.79 Å². The van der Waals surface area contributed by atoms with Gasteiger partial charge in [-0.25, -0.2) is 0 Å². The number of nitrogens with two attached hydrogens (primary N) is 1. The molecule has 0 aliphatic heterocycles. The maximum atomic E-state index is 12.2. The molecule has 0 radical (unpaired) electrons. The van der Waals surface area contributed by atoms with Gasteiger partial charge in [-0.15, -0.1) is 0 Å². The van der Waals surface area contributed by atoms with E-state index in [1.165, 1.54) is 5.56 Å². The molecule has 0 fully saturated rings. The molecule has 0 heterocycles. The average Bonchev–Trinajstić information content (AvgIpc) is 2.51. The molecule has 0 aliphatic rings. The van der Waals surface area contributed by atoms with Crippen LogP contribution in [0.15, 0.2) is 30.3 Å². The van der Waals surface area contributed by atoms with Gasteiger partial charge in [0.2, 0.25) is 5.91 Å². The zero-order valence-electron chi connectivity index (χ0n) is 14.4. The summed E-state index contributed by atoms with van der Waals surface area (Å²) in [5.74, 6) is 0.371. The number of carbonyl (C=O) groups is 1. The fourth-order valence-corrected chi connectivity index (χ4v) is 2.74. The minimum absolute atomic E-state index is 0.0539. The fourth-order valence-electron chi connectivity index (χ4n) is 2.74. The SMILES string of the molecule is CCN(CC)C(CNC(=O)[C@@H](N)CC(C)C)c1ccccc1. The summed E-state index contributed by atoms with van der Waals surface area (Å²) in [5.41, 5.74) is 7.18. The van der Waals surface area contributed by atoms with Gasteiger partial charge >= 0.3 is 0 Å². The van der Waals surface area contributed by atoms with E-state index in [-0.39, 0.29) is 11.9 Å². The molecule has 0 bridgehead atoms. The molecule has 1 rings (SSSR count). The van der Waals surface area contributed by atoms with Crippen LogP contribution in [0.25, 0.3) is 0 Å². The van der Waals surface area contributed by atoms with Gasteiger partial charge in [0.25, 0.3) is 0 Å². The largest absolute Gasteiger partial charge is 0.353 e. The lowest BCUT2D eigenvalue weighted by molar-refractivity contribution is -0.123. The Labute approximate surface area is 135 Å². The van der Waals surface area contributed by atoms with Crippen LogP contribution in [0.4, 0.5) is 0 Å². The first kappa shape index (κ1) is 18.7. The standard InChI is InChI=1S/C18H31N3O/c1-5-21(6-2)17(15-10-8-7-9-11-15)13-20-18(22)16(19)12-14(3)4/h7-11,14,16-17H,5-6,12-13,19H2,1-4H3,(H,20,22)/t16-,17?/m0/s1. The summed E-state index contributed by atoms with van der Waals surface area (Å²) in [6.45, 7) is 10.9. The van der Waals surface area contributed by atoms with E-state index in [0.717, 1.165) is 13.1 Å². The molecule has 2 atom stereocenters. The Balaban J connectivity index is 2.72. The van der Waals surface area contributed by atoms with Crippen molar-refractivity contribution in [3.8, 4) is 0 Å². The average molecular weight is 305 g/mol. The van der Waals surface area contributed by atoms with E-state index in [4.69, 9.17) is 5.73 Å². The number of benzene rings is 1. The first-order valence-corrected chi connectivity index (χ1v) is 8.31. The predicted molar refractivity (Wildman–Crippen MR) is 92.5 cm³/mol. The molecule has 0 aromatic heterocycles. The van der Waals surface area contributed by atoms with E-state index < -0.39 is 6.04 Å². The van der Waals surface area contributed by atoms with Crippen molar-refractivity contribution in [1.29, 1.82) is 0 Å². The maximum absolute atomic E-state index is 12.2. The summed E-state index contributed by atoms with van der Waals surface area (Å²) in [6, 6.07) is 10.1. The topological polar surface area (TPSA) is 58.4 Å². The van der Waals surface area contributed by atoms with Gasteiger partial charge in [-0.3, -0.25) is 9.69 Å². The molecule has 0 aliphatic carbocycles. The summed E-state index contributed by atoms with van der Waals surface area (Å²) in [6.07, 6.45) is 0.715.